The van der Waals surface area contributed by atoms with Gasteiger partial charge in [-0.3, -0.25) is 4.90 Å². The van der Waals surface area contributed by atoms with Crippen molar-refractivity contribution in [1.29, 1.82) is 0 Å². The third-order valence-electron chi connectivity index (χ3n) is 3.45. The van der Waals surface area contributed by atoms with Gasteiger partial charge in [0.15, 0.2) is 0 Å². The summed E-state index contributed by atoms with van der Waals surface area (Å²) in [7, 11) is 2.13. The lowest BCUT2D eigenvalue weighted by Gasteiger charge is -2.48. The van der Waals surface area contributed by atoms with E-state index in [0.717, 1.165) is 18.8 Å². The first-order chi connectivity index (χ1) is 6.77. The van der Waals surface area contributed by atoms with Crippen LogP contribution in [0.25, 0.3) is 0 Å². The molecule has 3 nitrogen and oxygen atoms in total. The first-order valence-corrected chi connectivity index (χ1v) is 5.20. The summed E-state index contributed by atoms with van der Waals surface area (Å²) in [5, 5.41) is 0. The van der Waals surface area contributed by atoms with Crippen molar-refractivity contribution in [1.82, 2.24) is 4.90 Å². The average Bonchev–Trinajstić information content (AvgIpc) is 2.55. The number of nitrogens with zero attached hydrogens (tertiary/aromatic N) is 1. The predicted octanol–water partition coefficient (Wildman–Crippen LogP) is 1.59. The van der Waals surface area contributed by atoms with E-state index in [1.54, 1.807) is 6.26 Å². The second-order valence-corrected chi connectivity index (χ2v) is 4.22. The van der Waals surface area contributed by atoms with Gasteiger partial charge in [-0.1, -0.05) is 0 Å². The minimum absolute atomic E-state index is 0.243. The molecule has 0 aliphatic heterocycles. The van der Waals surface area contributed by atoms with Gasteiger partial charge in [0.1, 0.15) is 5.76 Å². The van der Waals surface area contributed by atoms with Crippen molar-refractivity contribution in [2.75, 3.05) is 13.6 Å². The molecule has 2 N–H and O–H groups in total. The van der Waals surface area contributed by atoms with Crippen molar-refractivity contribution in [3.8, 4) is 0 Å². The van der Waals surface area contributed by atoms with Gasteiger partial charge in [0.05, 0.1) is 12.8 Å². The van der Waals surface area contributed by atoms with Crippen molar-refractivity contribution in [2.24, 2.45) is 5.73 Å². The normalized spacial score (nSPS) is 19.6. The summed E-state index contributed by atoms with van der Waals surface area (Å²) in [5.41, 5.74) is 6.07. The van der Waals surface area contributed by atoms with E-state index in [9.17, 15) is 0 Å². The molecule has 0 saturated heterocycles. The van der Waals surface area contributed by atoms with E-state index < -0.39 is 0 Å². The van der Waals surface area contributed by atoms with E-state index in [-0.39, 0.29) is 5.54 Å². The molecule has 1 aromatic heterocycles. The summed E-state index contributed by atoms with van der Waals surface area (Å²) in [6.45, 7) is 1.62. The van der Waals surface area contributed by atoms with Crippen LogP contribution >= 0.6 is 0 Å². The maximum absolute atomic E-state index is 5.83. The summed E-state index contributed by atoms with van der Waals surface area (Å²) < 4.78 is 5.33. The molecule has 1 aliphatic carbocycles. The quantitative estimate of drug-likeness (QED) is 0.791. The topological polar surface area (TPSA) is 42.4 Å². The van der Waals surface area contributed by atoms with Crippen LogP contribution in [0, 0.1) is 0 Å². The molecule has 1 fully saturated rings. The van der Waals surface area contributed by atoms with Gasteiger partial charge in [0.2, 0.25) is 0 Å². The summed E-state index contributed by atoms with van der Waals surface area (Å²) >= 11 is 0. The third kappa shape index (κ3) is 1.57. The Morgan fingerprint density at radius 1 is 1.57 bits per heavy atom. The maximum atomic E-state index is 5.83. The Hall–Kier alpha value is -0.800. The fourth-order valence-corrected chi connectivity index (χ4v) is 2.13. The van der Waals surface area contributed by atoms with Gasteiger partial charge < -0.3 is 10.2 Å². The monoisotopic (exact) mass is 194 g/mol. The molecular formula is C11H18N2O. The smallest absolute Gasteiger partial charge is 0.117 e. The molecule has 3 heteroatoms. The van der Waals surface area contributed by atoms with Gasteiger partial charge in [-0.2, -0.15) is 0 Å². The van der Waals surface area contributed by atoms with Crippen LogP contribution in [0.1, 0.15) is 25.0 Å². The fraction of sp³-hybridized carbons (Fsp3) is 0.636. The van der Waals surface area contributed by atoms with Crippen LogP contribution in [-0.4, -0.2) is 24.0 Å². The van der Waals surface area contributed by atoms with Crippen LogP contribution < -0.4 is 5.73 Å². The molecular weight excluding hydrogens is 176 g/mol. The minimum Gasteiger partial charge on any atom is -0.468 e. The minimum atomic E-state index is 0.243. The SMILES string of the molecule is CN(Cc1ccco1)C1(CN)CCC1. The molecule has 0 unspecified atom stereocenters. The van der Waals surface area contributed by atoms with E-state index in [0.29, 0.717) is 0 Å². The van der Waals surface area contributed by atoms with E-state index in [4.69, 9.17) is 10.2 Å². The Morgan fingerprint density at radius 3 is 2.79 bits per heavy atom. The van der Waals surface area contributed by atoms with Crippen LogP contribution in [-0.2, 0) is 6.54 Å². The Morgan fingerprint density at radius 2 is 2.36 bits per heavy atom. The number of rotatable bonds is 4. The molecule has 0 aromatic carbocycles. The van der Waals surface area contributed by atoms with Gasteiger partial charge in [-0.25, -0.2) is 0 Å². The average molecular weight is 194 g/mol. The Labute approximate surface area is 84.9 Å². The number of likely N-dealkylation sites (N-methyl/N-ethyl adjacent to an activating group) is 1. The molecule has 14 heavy (non-hydrogen) atoms. The first kappa shape index (κ1) is 9.74. The fourth-order valence-electron chi connectivity index (χ4n) is 2.13. The highest BCUT2D eigenvalue weighted by Gasteiger charge is 2.39. The molecule has 0 bridgehead atoms. The number of hydrogen-bond donors (Lipinski definition) is 1. The van der Waals surface area contributed by atoms with Crippen LogP contribution in [0.15, 0.2) is 22.8 Å². The van der Waals surface area contributed by atoms with E-state index in [2.05, 4.69) is 11.9 Å². The molecule has 0 spiro atoms. The lowest BCUT2D eigenvalue weighted by molar-refractivity contribution is 0.0349. The zero-order chi connectivity index (χ0) is 10.0. The van der Waals surface area contributed by atoms with Crippen LogP contribution in [0.2, 0.25) is 0 Å². The molecule has 1 aromatic rings. The molecule has 1 aliphatic rings. The van der Waals surface area contributed by atoms with Crippen molar-refractivity contribution in [3.05, 3.63) is 24.2 Å². The van der Waals surface area contributed by atoms with Crippen molar-refractivity contribution in [2.45, 2.75) is 31.3 Å². The van der Waals surface area contributed by atoms with Crippen LogP contribution in [0.4, 0.5) is 0 Å². The summed E-state index contributed by atoms with van der Waals surface area (Å²) in [5.74, 6) is 1.02. The molecule has 78 valence electrons. The standard InChI is InChI=1S/C11H18N2O/c1-13(8-10-4-2-7-14-10)11(9-12)5-3-6-11/h2,4,7H,3,5-6,8-9,12H2,1H3. The zero-order valence-corrected chi connectivity index (χ0v) is 8.70. The Kier molecular flexibility index (Phi) is 2.61. The second kappa shape index (κ2) is 3.75. The summed E-state index contributed by atoms with van der Waals surface area (Å²) in [4.78, 5) is 2.33. The molecule has 0 amide bonds. The van der Waals surface area contributed by atoms with Gasteiger partial charge in [-0.05, 0) is 38.4 Å². The molecule has 0 atom stereocenters. The van der Waals surface area contributed by atoms with Gasteiger partial charge in [0, 0.05) is 12.1 Å². The highest BCUT2D eigenvalue weighted by molar-refractivity contribution is 5.03. The van der Waals surface area contributed by atoms with Gasteiger partial charge >= 0.3 is 0 Å². The van der Waals surface area contributed by atoms with Gasteiger partial charge in [-0.15, -0.1) is 0 Å². The highest BCUT2D eigenvalue weighted by atomic mass is 16.3. The summed E-state index contributed by atoms with van der Waals surface area (Å²) in [6.07, 6.45) is 5.47. The maximum Gasteiger partial charge on any atom is 0.117 e. The Bertz CT molecular complexity index is 272. The van der Waals surface area contributed by atoms with E-state index in [1.165, 1.54) is 19.3 Å². The van der Waals surface area contributed by atoms with Gasteiger partial charge in [0.25, 0.3) is 0 Å². The predicted molar refractivity (Wildman–Crippen MR) is 55.8 cm³/mol. The largest absolute Gasteiger partial charge is 0.468 e. The number of furan rings is 1. The van der Waals surface area contributed by atoms with Crippen LogP contribution in [0.5, 0.6) is 0 Å². The van der Waals surface area contributed by atoms with Crippen molar-refractivity contribution in [3.63, 3.8) is 0 Å². The number of nitrogens with two attached hydrogens (primary N) is 1. The first-order valence-electron chi connectivity index (χ1n) is 5.20. The number of hydrogen-bond acceptors (Lipinski definition) is 3. The lowest BCUT2D eigenvalue weighted by Crippen LogP contribution is -2.56. The van der Waals surface area contributed by atoms with E-state index >= 15 is 0 Å². The van der Waals surface area contributed by atoms with Crippen LogP contribution in [0.3, 0.4) is 0 Å². The van der Waals surface area contributed by atoms with Crippen molar-refractivity contribution < 1.29 is 4.42 Å². The molecule has 2 rings (SSSR count). The lowest BCUT2D eigenvalue weighted by atomic mass is 9.75. The highest BCUT2D eigenvalue weighted by Crippen LogP contribution is 2.36. The third-order valence-corrected chi connectivity index (χ3v) is 3.45. The zero-order valence-electron chi connectivity index (χ0n) is 8.70. The summed E-state index contributed by atoms with van der Waals surface area (Å²) in [6, 6.07) is 3.94. The molecule has 1 saturated carbocycles. The second-order valence-electron chi connectivity index (χ2n) is 4.22. The van der Waals surface area contributed by atoms with Crippen molar-refractivity contribution >= 4 is 0 Å². The Balaban J connectivity index is 1.98. The molecule has 1 heterocycles. The van der Waals surface area contributed by atoms with E-state index in [1.807, 2.05) is 12.1 Å². The molecule has 0 radical (unpaired) electrons.